The van der Waals surface area contributed by atoms with Gasteiger partial charge >= 0.3 is 11.9 Å². The van der Waals surface area contributed by atoms with E-state index in [0.29, 0.717) is 16.1 Å². The summed E-state index contributed by atoms with van der Waals surface area (Å²) in [7, 11) is 0. The van der Waals surface area contributed by atoms with Gasteiger partial charge in [-0.3, -0.25) is 9.59 Å². The van der Waals surface area contributed by atoms with Gasteiger partial charge in [-0.1, -0.05) is 23.9 Å². The van der Waals surface area contributed by atoms with E-state index < -0.39 is 11.9 Å². The smallest absolute Gasteiger partial charge is 0.338 e. The molecular weight excluding hydrogens is 330 g/mol. The van der Waals surface area contributed by atoms with E-state index in [1.165, 1.54) is 17.8 Å². The van der Waals surface area contributed by atoms with E-state index in [4.69, 9.17) is 9.84 Å². The Hall–Kier alpha value is -2.80. The molecule has 0 unspecified atom stereocenters. The van der Waals surface area contributed by atoms with Crippen LogP contribution in [0.3, 0.4) is 0 Å². The Morgan fingerprint density at radius 3 is 2.71 bits per heavy atom. The summed E-state index contributed by atoms with van der Waals surface area (Å²) in [6.07, 6.45) is -0.249. The summed E-state index contributed by atoms with van der Waals surface area (Å²) in [4.78, 5) is 36.3. The second-order valence-corrected chi connectivity index (χ2v) is 6.13. The van der Waals surface area contributed by atoms with E-state index >= 15 is 0 Å². The van der Waals surface area contributed by atoms with Crippen molar-refractivity contribution in [3.8, 4) is 0 Å². The molecule has 0 saturated heterocycles. The van der Waals surface area contributed by atoms with Gasteiger partial charge in [0.1, 0.15) is 6.61 Å². The van der Waals surface area contributed by atoms with Crippen LogP contribution in [0, 0.1) is 0 Å². The fourth-order valence-corrected chi connectivity index (χ4v) is 3.27. The Kier molecular flexibility index (Phi) is 4.52. The van der Waals surface area contributed by atoms with Crippen molar-refractivity contribution in [1.82, 2.24) is 0 Å². The second-order valence-electron chi connectivity index (χ2n) is 5.04. The quantitative estimate of drug-likeness (QED) is 0.829. The SMILES string of the molecule is O=C(O)CCOC(=O)c1ccc2c(c1)Sc1ccccc1NC2=O. The summed E-state index contributed by atoms with van der Waals surface area (Å²) in [5, 5.41) is 11.4. The number of hydrogen-bond acceptors (Lipinski definition) is 5. The highest BCUT2D eigenvalue weighted by molar-refractivity contribution is 7.99. The van der Waals surface area contributed by atoms with Crippen molar-refractivity contribution in [3.05, 3.63) is 53.6 Å². The fraction of sp³-hybridized carbons (Fsp3) is 0.118. The number of carbonyl (C=O) groups is 3. The average Bonchev–Trinajstić information content (AvgIpc) is 2.69. The molecule has 6 nitrogen and oxygen atoms in total. The fourth-order valence-electron chi connectivity index (χ4n) is 2.20. The van der Waals surface area contributed by atoms with Crippen LogP contribution in [-0.4, -0.2) is 29.6 Å². The van der Waals surface area contributed by atoms with E-state index in [0.717, 1.165) is 4.90 Å². The van der Waals surface area contributed by atoms with Crippen LogP contribution in [0.5, 0.6) is 0 Å². The molecule has 1 amide bonds. The van der Waals surface area contributed by atoms with E-state index in [9.17, 15) is 14.4 Å². The molecule has 3 rings (SSSR count). The van der Waals surface area contributed by atoms with Crippen LogP contribution < -0.4 is 5.32 Å². The van der Waals surface area contributed by atoms with Crippen LogP contribution in [-0.2, 0) is 9.53 Å². The zero-order valence-corrected chi connectivity index (χ0v) is 13.3. The highest BCUT2D eigenvalue weighted by Gasteiger charge is 2.21. The third-order valence-electron chi connectivity index (χ3n) is 3.37. The molecule has 7 heteroatoms. The Balaban J connectivity index is 1.86. The Labute approximate surface area is 141 Å². The van der Waals surface area contributed by atoms with Gasteiger partial charge in [0.25, 0.3) is 5.91 Å². The molecule has 0 fully saturated rings. The van der Waals surface area contributed by atoms with Crippen LogP contribution in [0.25, 0.3) is 0 Å². The van der Waals surface area contributed by atoms with Crippen molar-refractivity contribution >= 4 is 35.3 Å². The van der Waals surface area contributed by atoms with E-state index in [1.54, 1.807) is 12.1 Å². The van der Waals surface area contributed by atoms with Crippen LogP contribution in [0.4, 0.5) is 5.69 Å². The summed E-state index contributed by atoms with van der Waals surface area (Å²) in [5.41, 5.74) is 1.46. The van der Waals surface area contributed by atoms with E-state index in [2.05, 4.69) is 5.32 Å². The lowest BCUT2D eigenvalue weighted by Crippen LogP contribution is -2.13. The summed E-state index contributed by atoms with van der Waals surface area (Å²) < 4.78 is 4.93. The van der Waals surface area contributed by atoms with Gasteiger partial charge in [-0.25, -0.2) is 4.79 Å². The first kappa shape index (κ1) is 16.1. The predicted octanol–water partition coefficient (Wildman–Crippen LogP) is 3.04. The molecule has 0 saturated carbocycles. The number of anilines is 1. The lowest BCUT2D eigenvalue weighted by Gasteiger charge is -2.07. The number of ether oxygens (including phenoxy) is 1. The monoisotopic (exact) mass is 343 g/mol. The van der Waals surface area contributed by atoms with Crippen molar-refractivity contribution in [2.75, 3.05) is 11.9 Å². The van der Waals surface area contributed by atoms with E-state index in [-0.39, 0.29) is 24.5 Å². The van der Waals surface area contributed by atoms with E-state index in [1.807, 2.05) is 24.3 Å². The number of rotatable bonds is 4. The molecule has 2 N–H and O–H groups in total. The zero-order valence-electron chi connectivity index (χ0n) is 12.4. The van der Waals surface area contributed by atoms with Crippen molar-refractivity contribution in [1.29, 1.82) is 0 Å². The molecule has 24 heavy (non-hydrogen) atoms. The minimum absolute atomic E-state index is 0.193. The van der Waals surface area contributed by atoms with Crippen molar-refractivity contribution in [3.63, 3.8) is 0 Å². The third kappa shape index (κ3) is 3.41. The maximum Gasteiger partial charge on any atom is 0.338 e. The highest BCUT2D eigenvalue weighted by atomic mass is 32.2. The Morgan fingerprint density at radius 1 is 1.12 bits per heavy atom. The maximum absolute atomic E-state index is 12.3. The molecule has 0 aromatic heterocycles. The van der Waals surface area contributed by atoms with Crippen molar-refractivity contribution in [2.24, 2.45) is 0 Å². The first-order valence-electron chi connectivity index (χ1n) is 7.16. The van der Waals surface area contributed by atoms with Gasteiger partial charge in [-0.2, -0.15) is 0 Å². The lowest BCUT2D eigenvalue weighted by molar-refractivity contribution is -0.137. The van der Waals surface area contributed by atoms with Gasteiger partial charge in [0.05, 0.1) is 23.2 Å². The minimum Gasteiger partial charge on any atom is -0.481 e. The lowest BCUT2D eigenvalue weighted by atomic mass is 10.1. The largest absolute Gasteiger partial charge is 0.481 e. The number of hydrogen-bond donors (Lipinski definition) is 2. The predicted molar refractivity (Wildman–Crippen MR) is 87.5 cm³/mol. The molecule has 0 atom stereocenters. The number of esters is 1. The number of carboxylic acids is 1. The summed E-state index contributed by atoms with van der Waals surface area (Å²) in [6, 6.07) is 12.1. The number of carboxylic acid groups (broad SMARTS) is 1. The van der Waals surface area contributed by atoms with Crippen LogP contribution in [0.15, 0.2) is 52.3 Å². The normalized spacial score (nSPS) is 12.4. The van der Waals surface area contributed by atoms with Gasteiger partial charge in [-0.05, 0) is 30.3 Å². The summed E-state index contributed by atoms with van der Waals surface area (Å²) in [5.74, 6) is -1.89. The Bertz CT molecular complexity index is 833. The third-order valence-corrected chi connectivity index (χ3v) is 4.50. The molecule has 0 spiro atoms. The molecule has 122 valence electrons. The molecule has 0 bridgehead atoms. The number of fused-ring (bicyclic) bond motifs is 2. The highest BCUT2D eigenvalue weighted by Crippen LogP contribution is 2.38. The van der Waals surface area contributed by atoms with Gasteiger partial charge in [-0.15, -0.1) is 0 Å². The van der Waals surface area contributed by atoms with Crippen LogP contribution in [0.1, 0.15) is 27.1 Å². The number of nitrogens with one attached hydrogen (secondary N) is 1. The Morgan fingerprint density at radius 2 is 1.92 bits per heavy atom. The average molecular weight is 343 g/mol. The van der Waals surface area contributed by atoms with Gasteiger partial charge in [0, 0.05) is 9.79 Å². The van der Waals surface area contributed by atoms with Crippen LogP contribution >= 0.6 is 11.8 Å². The molecule has 1 aliphatic heterocycles. The number of para-hydroxylation sites is 1. The maximum atomic E-state index is 12.3. The van der Waals surface area contributed by atoms with Gasteiger partial charge in [0.2, 0.25) is 0 Å². The number of carbonyl (C=O) groups excluding carboxylic acids is 2. The molecule has 2 aromatic carbocycles. The molecule has 2 aromatic rings. The van der Waals surface area contributed by atoms with Gasteiger partial charge < -0.3 is 15.2 Å². The molecule has 0 aliphatic carbocycles. The second kappa shape index (κ2) is 6.76. The molecular formula is C17H13NO5S. The first-order chi connectivity index (χ1) is 11.5. The first-order valence-corrected chi connectivity index (χ1v) is 7.97. The number of aliphatic carboxylic acids is 1. The summed E-state index contributed by atoms with van der Waals surface area (Å²) >= 11 is 1.38. The number of amides is 1. The summed E-state index contributed by atoms with van der Waals surface area (Å²) in [6.45, 7) is -0.193. The van der Waals surface area contributed by atoms with Crippen LogP contribution in [0.2, 0.25) is 0 Å². The van der Waals surface area contributed by atoms with Gasteiger partial charge in [0.15, 0.2) is 0 Å². The topological polar surface area (TPSA) is 92.7 Å². The standard InChI is InChI=1S/C17H13NO5S/c19-15(20)7-8-23-17(22)10-5-6-11-14(9-10)24-13-4-2-1-3-12(13)18-16(11)21/h1-6,9H,7-8H2,(H,18,21)(H,19,20). The molecule has 1 heterocycles. The van der Waals surface area contributed by atoms with Crippen molar-refractivity contribution in [2.45, 2.75) is 16.2 Å². The zero-order chi connectivity index (χ0) is 17.1. The van der Waals surface area contributed by atoms with Crippen molar-refractivity contribution < 1.29 is 24.2 Å². The molecule has 0 radical (unpaired) electrons. The molecule has 1 aliphatic rings. The number of benzene rings is 2. The minimum atomic E-state index is -1.03.